The molecule has 15 heavy (non-hydrogen) atoms. The van der Waals surface area contributed by atoms with Gasteiger partial charge < -0.3 is 5.11 Å². The second-order valence-corrected chi connectivity index (χ2v) is 4.78. The molecule has 0 amide bonds. The minimum Gasteiger partial charge on any atom is -0.477 e. The van der Waals surface area contributed by atoms with Crippen molar-refractivity contribution in [3.63, 3.8) is 0 Å². The first kappa shape index (κ1) is 10.6. The van der Waals surface area contributed by atoms with Crippen LogP contribution in [0.2, 0.25) is 5.15 Å². The van der Waals surface area contributed by atoms with Crippen molar-refractivity contribution in [2.45, 2.75) is 0 Å². The van der Waals surface area contributed by atoms with E-state index in [0.717, 1.165) is 15.8 Å². The number of aromatic carboxylic acids is 1. The summed E-state index contributed by atoms with van der Waals surface area (Å²) < 4.78 is 2.23. The quantitative estimate of drug-likeness (QED) is 0.925. The maximum Gasteiger partial charge on any atom is 0.349 e. The highest BCUT2D eigenvalue weighted by Crippen LogP contribution is 2.25. The van der Waals surface area contributed by atoms with Crippen molar-refractivity contribution in [3.05, 3.63) is 26.9 Å². The van der Waals surface area contributed by atoms with E-state index < -0.39 is 5.97 Å². The number of thiazole rings is 1. The molecule has 2 aromatic heterocycles. The molecule has 78 valence electrons. The second-order valence-electron chi connectivity index (χ2n) is 2.52. The van der Waals surface area contributed by atoms with Crippen molar-refractivity contribution in [1.29, 1.82) is 0 Å². The van der Waals surface area contributed by atoms with Crippen LogP contribution in [-0.4, -0.2) is 25.8 Å². The van der Waals surface area contributed by atoms with Crippen LogP contribution in [0.5, 0.6) is 0 Å². The minimum atomic E-state index is -1.09. The molecule has 0 radical (unpaired) electrons. The first-order valence-electron chi connectivity index (χ1n) is 3.68. The molecular weight excluding hydrogens is 306 g/mol. The van der Waals surface area contributed by atoms with Gasteiger partial charge in [0.2, 0.25) is 5.13 Å². The first-order valence-corrected chi connectivity index (χ1v) is 5.67. The Bertz CT molecular complexity index is 524. The normalized spacial score (nSPS) is 10.5. The van der Waals surface area contributed by atoms with E-state index in [1.54, 1.807) is 12.4 Å². The van der Waals surface area contributed by atoms with Crippen molar-refractivity contribution in [2.24, 2.45) is 0 Å². The molecule has 0 aromatic carbocycles. The predicted molar refractivity (Wildman–Crippen MR) is 58.9 cm³/mol. The lowest BCUT2D eigenvalue weighted by Crippen LogP contribution is -1.91. The Morgan fingerprint density at radius 2 is 2.40 bits per heavy atom. The van der Waals surface area contributed by atoms with Crippen molar-refractivity contribution < 1.29 is 9.90 Å². The van der Waals surface area contributed by atoms with Gasteiger partial charge in [-0.15, -0.1) is 0 Å². The molecule has 0 bridgehead atoms. The van der Waals surface area contributed by atoms with E-state index in [1.165, 1.54) is 4.68 Å². The lowest BCUT2D eigenvalue weighted by atomic mass is 10.6. The predicted octanol–water partition coefficient (Wildman–Crippen LogP) is 2.44. The monoisotopic (exact) mass is 307 g/mol. The molecule has 0 aliphatic rings. The van der Waals surface area contributed by atoms with Crippen LogP contribution in [-0.2, 0) is 0 Å². The van der Waals surface area contributed by atoms with Gasteiger partial charge >= 0.3 is 5.97 Å². The van der Waals surface area contributed by atoms with Crippen molar-refractivity contribution in [1.82, 2.24) is 14.8 Å². The third kappa shape index (κ3) is 2.04. The zero-order valence-corrected chi connectivity index (χ0v) is 10.2. The number of aromatic nitrogens is 3. The summed E-state index contributed by atoms with van der Waals surface area (Å²) in [5.74, 6) is -1.09. The van der Waals surface area contributed by atoms with Crippen LogP contribution >= 0.6 is 38.9 Å². The fourth-order valence-electron chi connectivity index (χ4n) is 0.926. The molecule has 0 saturated carbocycles. The zero-order valence-electron chi connectivity index (χ0n) is 7.02. The third-order valence-corrected chi connectivity index (χ3v) is 3.34. The molecule has 8 heteroatoms. The summed E-state index contributed by atoms with van der Waals surface area (Å²) >= 11 is 9.86. The average Bonchev–Trinajstić information content (AvgIpc) is 2.71. The van der Waals surface area contributed by atoms with Crippen molar-refractivity contribution in [2.75, 3.05) is 0 Å². The Morgan fingerprint density at radius 1 is 1.67 bits per heavy atom. The zero-order chi connectivity index (χ0) is 11.0. The number of carbonyl (C=O) groups is 1. The van der Waals surface area contributed by atoms with Gasteiger partial charge in [0.25, 0.3) is 0 Å². The van der Waals surface area contributed by atoms with Crippen LogP contribution in [0.25, 0.3) is 5.13 Å². The summed E-state index contributed by atoms with van der Waals surface area (Å²) in [5, 5.41) is 13.1. The molecule has 0 fully saturated rings. The van der Waals surface area contributed by atoms with Crippen LogP contribution in [0.15, 0.2) is 16.9 Å². The van der Waals surface area contributed by atoms with E-state index in [2.05, 4.69) is 26.0 Å². The van der Waals surface area contributed by atoms with Crippen molar-refractivity contribution >= 4 is 44.8 Å². The highest BCUT2D eigenvalue weighted by Gasteiger charge is 2.16. The summed E-state index contributed by atoms with van der Waals surface area (Å²) in [7, 11) is 0. The molecular formula is C7H3BrClN3O2S. The smallest absolute Gasteiger partial charge is 0.349 e. The Morgan fingerprint density at radius 3 is 2.87 bits per heavy atom. The Hall–Kier alpha value is -0.920. The molecule has 0 aliphatic heterocycles. The molecule has 2 rings (SSSR count). The number of carboxylic acids is 1. The number of carboxylic acid groups (broad SMARTS) is 1. The van der Waals surface area contributed by atoms with Crippen LogP contribution in [0, 0.1) is 0 Å². The molecule has 5 nitrogen and oxygen atoms in total. The second kappa shape index (κ2) is 3.92. The molecule has 2 aromatic rings. The van der Waals surface area contributed by atoms with E-state index >= 15 is 0 Å². The largest absolute Gasteiger partial charge is 0.477 e. The summed E-state index contributed by atoms with van der Waals surface area (Å²) in [6.45, 7) is 0. The van der Waals surface area contributed by atoms with Crippen LogP contribution in [0.3, 0.4) is 0 Å². The van der Waals surface area contributed by atoms with Gasteiger partial charge in [0.15, 0.2) is 10.0 Å². The topological polar surface area (TPSA) is 68.0 Å². The number of nitrogens with zero attached hydrogens (tertiary/aromatic N) is 3. The summed E-state index contributed by atoms with van der Waals surface area (Å²) in [6.07, 6.45) is 3.25. The van der Waals surface area contributed by atoms with Crippen LogP contribution in [0.4, 0.5) is 0 Å². The molecule has 2 heterocycles. The lowest BCUT2D eigenvalue weighted by Gasteiger charge is -1.90. The van der Waals surface area contributed by atoms with Gasteiger partial charge in [-0.2, -0.15) is 5.10 Å². The third-order valence-electron chi connectivity index (χ3n) is 1.52. The first-order chi connectivity index (χ1) is 7.08. The SMILES string of the molecule is O=C(O)c1sc(-n2cc(Br)cn2)nc1Cl. The van der Waals surface area contributed by atoms with E-state index in [-0.39, 0.29) is 10.0 Å². The standard InChI is InChI=1S/C7H3BrClN3O2S/c8-3-1-10-12(2-3)7-11-5(9)4(15-7)6(13)14/h1-2H,(H,13,14). The maximum atomic E-state index is 10.7. The highest BCUT2D eigenvalue weighted by atomic mass is 79.9. The van der Waals surface area contributed by atoms with E-state index in [4.69, 9.17) is 16.7 Å². The van der Waals surface area contributed by atoms with E-state index in [1.807, 2.05) is 0 Å². The molecule has 0 atom stereocenters. The highest BCUT2D eigenvalue weighted by molar-refractivity contribution is 9.10. The number of hydrogen-bond donors (Lipinski definition) is 1. The molecule has 0 aliphatic carbocycles. The Labute approximate surface area is 101 Å². The van der Waals surface area contributed by atoms with Gasteiger partial charge in [-0.25, -0.2) is 14.5 Å². The summed E-state index contributed by atoms with van der Waals surface area (Å²) in [4.78, 5) is 14.6. The van der Waals surface area contributed by atoms with E-state index in [9.17, 15) is 4.79 Å². The minimum absolute atomic E-state index is 0.0123. The molecule has 1 N–H and O–H groups in total. The van der Waals surface area contributed by atoms with Gasteiger partial charge in [-0.3, -0.25) is 0 Å². The van der Waals surface area contributed by atoms with Crippen LogP contribution < -0.4 is 0 Å². The van der Waals surface area contributed by atoms with Gasteiger partial charge in [0.05, 0.1) is 10.7 Å². The Kier molecular flexibility index (Phi) is 2.76. The van der Waals surface area contributed by atoms with Gasteiger partial charge in [0, 0.05) is 6.20 Å². The van der Waals surface area contributed by atoms with Gasteiger partial charge in [0.1, 0.15) is 0 Å². The molecule has 0 unspecified atom stereocenters. The van der Waals surface area contributed by atoms with E-state index in [0.29, 0.717) is 5.13 Å². The number of halogens is 2. The van der Waals surface area contributed by atoms with Crippen molar-refractivity contribution in [3.8, 4) is 5.13 Å². The molecule has 0 spiro atoms. The lowest BCUT2D eigenvalue weighted by molar-refractivity contribution is 0.0702. The average molecular weight is 309 g/mol. The fourth-order valence-corrected chi connectivity index (χ4v) is 2.27. The summed E-state index contributed by atoms with van der Waals surface area (Å²) in [6, 6.07) is 0. The fraction of sp³-hybridized carbons (Fsp3) is 0. The number of rotatable bonds is 2. The Balaban J connectivity index is 2.46. The van der Waals surface area contributed by atoms with Gasteiger partial charge in [-0.1, -0.05) is 22.9 Å². The maximum absolute atomic E-state index is 10.7. The van der Waals surface area contributed by atoms with Gasteiger partial charge in [-0.05, 0) is 15.9 Å². The summed E-state index contributed by atoms with van der Waals surface area (Å²) in [5.41, 5.74) is 0. The van der Waals surface area contributed by atoms with Crippen LogP contribution in [0.1, 0.15) is 9.67 Å². The molecule has 0 saturated heterocycles. The number of hydrogen-bond acceptors (Lipinski definition) is 4.